The summed E-state index contributed by atoms with van der Waals surface area (Å²) in [6.07, 6.45) is 5.98. The summed E-state index contributed by atoms with van der Waals surface area (Å²) in [5.41, 5.74) is 5.46. The monoisotopic (exact) mass is 486 g/mol. The zero-order chi connectivity index (χ0) is 26.8. The van der Waals surface area contributed by atoms with Crippen molar-refractivity contribution in [2.24, 2.45) is 5.73 Å². The normalized spacial score (nSPS) is 12.7. The quantitative estimate of drug-likeness (QED) is 0.327. The van der Waals surface area contributed by atoms with E-state index in [0.29, 0.717) is 17.7 Å². The smallest absolute Gasteiger partial charge is 0.408 e. The molecule has 0 heterocycles. The third-order valence-electron chi connectivity index (χ3n) is 4.97. The molecule has 1 aromatic carbocycles. The van der Waals surface area contributed by atoms with Gasteiger partial charge in [-0.15, -0.1) is 6.42 Å². The van der Waals surface area contributed by atoms with Crippen LogP contribution in [0.3, 0.4) is 0 Å². The molecule has 2 unspecified atom stereocenters. The lowest BCUT2D eigenvalue weighted by molar-refractivity contribution is -0.145. The fourth-order valence-electron chi connectivity index (χ4n) is 3.48. The van der Waals surface area contributed by atoms with Gasteiger partial charge in [0.15, 0.2) is 0 Å². The summed E-state index contributed by atoms with van der Waals surface area (Å²) in [6, 6.07) is 3.91. The van der Waals surface area contributed by atoms with Crippen LogP contribution < -0.4 is 16.4 Å². The molecule has 0 spiro atoms. The Hall–Kier alpha value is -3.54. The van der Waals surface area contributed by atoms with Crippen molar-refractivity contribution in [3.8, 4) is 12.3 Å². The molecule has 4 N–H and O–H groups in total. The van der Waals surface area contributed by atoms with Crippen LogP contribution in [0.4, 0.5) is 4.79 Å². The Morgan fingerprint density at radius 1 is 1.17 bits per heavy atom. The number of carbonyl (C=O) groups excluding carboxylic acids is 4. The molecule has 192 valence electrons. The first-order valence-electron chi connectivity index (χ1n) is 11.8. The van der Waals surface area contributed by atoms with Gasteiger partial charge in [-0.25, -0.2) is 4.79 Å². The van der Waals surface area contributed by atoms with E-state index in [1.165, 1.54) is 4.90 Å². The van der Waals surface area contributed by atoms with Gasteiger partial charge in [0.25, 0.3) is 0 Å². The maximum Gasteiger partial charge on any atom is 0.408 e. The standard InChI is InChI=1S/C26H38N4O5/c1-8-10-15-28-23(32)22(19-14-12-11-13-18(19)9-2)30(17(3)4)24(33)20(16-21(27)31)29-25(34)35-26(5,6)7/h2,11-14,17,20,22H,8,10,15-16H2,1,3-7H3,(H2,27,31)(H,28,32)(H,29,34). The molecule has 9 heteroatoms. The SMILES string of the molecule is C#Cc1ccccc1C(C(=O)NCCCC)N(C(=O)C(CC(N)=O)NC(=O)OC(C)(C)C)C(C)C. The van der Waals surface area contributed by atoms with E-state index in [1.54, 1.807) is 58.9 Å². The second kappa shape index (κ2) is 13.4. The number of benzene rings is 1. The van der Waals surface area contributed by atoms with Gasteiger partial charge < -0.3 is 26.0 Å². The van der Waals surface area contributed by atoms with Gasteiger partial charge in [-0.3, -0.25) is 14.4 Å². The molecule has 2 atom stereocenters. The van der Waals surface area contributed by atoms with Crippen LogP contribution >= 0.6 is 0 Å². The maximum atomic E-state index is 13.8. The third kappa shape index (κ3) is 9.32. The molecule has 0 radical (unpaired) electrons. The molecule has 35 heavy (non-hydrogen) atoms. The number of hydrogen-bond donors (Lipinski definition) is 3. The number of alkyl carbamates (subject to hydrolysis) is 1. The minimum Gasteiger partial charge on any atom is -0.444 e. The first kappa shape index (κ1) is 29.5. The molecular formula is C26H38N4O5. The number of amides is 4. The van der Waals surface area contributed by atoms with E-state index in [0.717, 1.165) is 12.8 Å². The van der Waals surface area contributed by atoms with E-state index >= 15 is 0 Å². The summed E-state index contributed by atoms with van der Waals surface area (Å²) in [7, 11) is 0. The van der Waals surface area contributed by atoms with Gasteiger partial charge in [-0.1, -0.05) is 37.5 Å². The highest BCUT2D eigenvalue weighted by Crippen LogP contribution is 2.28. The van der Waals surface area contributed by atoms with E-state index in [-0.39, 0.29) is 0 Å². The fourth-order valence-corrected chi connectivity index (χ4v) is 3.48. The summed E-state index contributed by atoms with van der Waals surface area (Å²) >= 11 is 0. The molecular weight excluding hydrogens is 448 g/mol. The molecule has 0 bridgehead atoms. The molecule has 1 aromatic rings. The molecule has 1 rings (SSSR count). The van der Waals surface area contributed by atoms with Crippen LogP contribution in [-0.4, -0.2) is 52.9 Å². The van der Waals surface area contributed by atoms with Crippen molar-refractivity contribution < 1.29 is 23.9 Å². The average Bonchev–Trinajstić information content (AvgIpc) is 2.74. The van der Waals surface area contributed by atoms with Crippen molar-refractivity contribution in [1.29, 1.82) is 0 Å². The number of ether oxygens (including phenoxy) is 1. The number of unbranched alkanes of at least 4 members (excludes halogenated alkanes) is 1. The number of nitrogens with two attached hydrogens (primary N) is 1. The van der Waals surface area contributed by atoms with Crippen molar-refractivity contribution in [1.82, 2.24) is 15.5 Å². The van der Waals surface area contributed by atoms with Crippen molar-refractivity contribution in [3.63, 3.8) is 0 Å². The van der Waals surface area contributed by atoms with Gasteiger partial charge in [-0.2, -0.15) is 0 Å². The fraction of sp³-hybridized carbons (Fsp3) is 0.538. The van der Waals surface area contributed by atoms with Crippen LogP contribution in [0.2, 0.25) is 0 Å². The van der Waals surface area contributed by atoms with Gasteiger partial charge in [0.05, 0.1) is 6.42 Å². The molecule has 0 aliphatic carbocycles. The highest BCUT2D eigenvalue weighted by molar-refractivity contribution is 5.95. The van der Waals surface area contributed by atoms with Crippen molar-refractivity contribution in [2.45, 2.75) is 84.5 Å². The van der Waals surface area contributed by atoms with Gasteiger partial charge in [-0.05, 0) is 52.7 Å². The second-order valence-electron chi connectivity index (χ2n) is 9.49. The first-order chi connectivity index (χ1) is 16.3. The number of hydrogen-bond acceptors (Lipinski definition) is 5. The van der Waals surface area contributed by atoms with E-state index in [4.69, 9.17) is 16.9 Å². The number of nitrogens with one attached hydrogen (secondary N) is 2. The average molecular weight is 487 g/mol. The highest BCUT2D eigenvalue weighted by atomic mass is 16.6. The van der Waals surface area contributed by atoms with Gasteiger partial charge in [0.2, 0.25) is 17.7 Å². The highest BCUT2D eigenvalue weighted by Gasteiger charge is 2.39. The number of rotatable bonds is 11. The second-order valence-corrected chi connectivity index (χ2v) is 9.49. The van der Waals surface area contributed by atoms with Crippen LogP contribution in [0.5, 0.6) is 0 Å². The predicted octanol–water partition coefficient (Wildman–Crippen LogP) is 2.63. The summed E-state index contributed by atoms with van der Waals surface area (Å²) in [5, 5.41) is 5.31. The first-order valence-corrected chi connectivity index (χ1v) is 11.8. The predicted molar refractivity (Wildman–Crippen MR) is 134 cm³/mol. The number of carbonyl (C=O) groups is 4. The molecule has 9 nitrogen and oxygen atoms in total. The number of primary amides is 1. The molecule has 0 fully saturated rings. The van der Waals surface area contributed by atoms with E-state index in [9.17, 15) is 19.2 Å². The maximum absolute atomic E-state index is 13.8. The molecule has 0 saturated heterocycles. The van der Waals surface area contributed by atoms with Crippen molar-refractivity contribution in [2.75, 3.05) is 6.54 Å². The molecule has 0 saturated carbocycles. The molecule has 0 aliphatic heterocycles. The summed E-state index contributed by atoms with van der Waals surface area (Å²) < 4.78 is 5.26. The van der Waals surface area contributed by atoms with Crippen molar-refractivity contribution in [3.05, 3.63) is 35.4 Å². The lowest BCUT2D eigenvalue weighted by Gasteiger charge is -2.37. The van der Waals surface area contributed by atoms with Crippen LogP contribution in [0.15, 0.2) is 24.3 Å². The van der Waals surface area contributed by atoms with Crippen molar-refractivity contribution >= 4 is 23.8 Å². The third-order valence-corrected chi connectivity index (χ3v) is 4.97. The summed E-state index contributed by atoms with van der Waals surface area (Å²) in [4.78, 5) is 52.7. The van der Waals surface area contributed by atoms with Gasteiger partial charge in [0.1, 0.15) is 17.7 Å². The van der Waals surface area contributed by atoms with Crippen LogP contribution in [0.1, 0.15) is 78.0 Å². The Morgan fingerprint density at radius 2 is 1.80 bits per heavy atom. The zero-order valence-corrected chi connectivity index (χ0v) is 21.5. The Labute approximate surface area is 208 Å². The summed E-state index contributed by atoms with van der Waals surface area (Å²) in [6.45, 7) is 10.9. The van der Waals surface area contributed by atoms with E-state index < -0.39 is 54.0 Å². The Bertz CT molecular complexity index is 946. The minimum atomic E-state index is -1.34. The van der Waals surface area contributed by atoms with Gasteiger partial charge >= 0.3 is 6.09 Å². The van der Waals surface area contributed by atoms with Crippen LogP contribution in [-0.2, 0) is 19.1 Å². The number of terminal acetylenes is 1. The minimum absolute atomic E-state index is 0.418. The largest absolute Gasteiger partial charge is 0.444 e. The van der Waals surface area contributed by atoms with E-state index in [2.05, 4.69) is 16.6 Å². The van der Waals surface area contributed by atoms with Crippen LogP contribution in [0.25, 0.3) is 0 Å². The lowest BCUT2D eigenvalue weighted by Crippen LogP contribution is -2.56. The molecule has 0 aliphatic rings. The van der Waals surface area contributed by atoms with Gasteiger partial charge in [0, 0.05) is 18.2 Å². The van der Waals surface area contributed by atoms with Crippen LogP contribution in [0, 0.1) is 12.3 Å². The Balaban J connectivity index is 3.51. The number of nitrogens with zero attached hydrogens (tertiary/aromatic N) is 1. The molecule has 4 amide bonds. The Morgan fingerprint density at radius 3 is 2.31 bits per heavy atom. The zero-order valence-electron chi connectivity index (χ0n) is 21.5. The Kier molecular flexibility index (Phi) is 11.3. The lowest BCUT2D eigenvalue weighted by atomic mass is 9.96. The topological polar surface area (TPSA) is 131 Å². The van der Waals surface area contributed by atoms with E-state index in [1.807, 2.05) is 6.92 Å². The summed E-state index contributed by atoms with van der Waals surface area (Å²) in [5.74, 6) is 0.695. The molecule has 0 aromatic heterocycles.